The molecule has 4 heterocycles. The van der Waals surface area contributed by atoms with Crippen molar-refractivity contribution < 1.29 is 4.79 Å². The molecular formula is C25H32N4O. The van der Waals surface area contributed by atoms with Crippen LogP contribution in [0.25, 0.3) is 0 Å². The lowest BCUT2D eigenvalue weighted by Gasteiger charge is -2.56. The topological polar surface area (TPSA) is 41.4 Å². The van der Waals surface area contributed by atoms with Crippen LogP contribution in [0.2, 0.25) is 0 Å². The molecule has 2 aromatic rings. The van der Waals surface area contributed by atoms with Crippen LogP contribution in [0, 0.1) is 11.8 Å². The van der Waals surface area contributed by atoms with Gasteiger partial charge in [0.25, 0.3) is 0 Å². The number of piperidine rings is 3. The van der Waals surface area contributed by atoms with Crippen molar-refractivity contribution in [2.45, 2.75) is 69.6 Å². The Balaban J connectivity index is 1.26. The lowest BCUT2D eigenvalue weighted by Crippen LogP contribution is -2.65. The number of nitrogens with zero attached hydrogens (tertiary/aromatic N) is 4. The van der Waals surface area contributed by atoms with Gasteiger partial charge < -0.3 is 9.47 Å². The number of benzene rings is 1. The fraction of sp³-hybridized carbons (Fsp3) is 0.600. The van der Waals surface area contributed by atoms with Crippen molar-refractivity contribution in [2.75, 3.05) is 13.1 Å². The molecule has 4 fully saturated rings. The summed E-state index contributed by atoms with van der Waals surface area (Å²) in [6.45, 7) is 3.15. The summed E-state index contributed by atoms with van der Waals surface area (Å²) < 4.78 is 2.41. The molecule has 5 heteroatoms. The molecule has 0 spiro atoms. The van der Waals surface area contributed by atoms with Gasteiger partial charge in [-0.3, -0.25) is 9.69 Å². The zero-order chi connectivity index (χ0) is 20.1. The minimum Gasteiger partial charge on any atom is -0.336 e. The van der Waals surface area contributed by atoms with E-state index in [4.69, 9.17) is 4.98 Å². The number of fused-ring (bicyclic) bond motifs is 4. The van der Waals surface area contributed by atoms with Gasteiger partial charge in [-0.15, -0.1) is 0 Å². The van der Waals surface area contributed by atoms with Crippen molar-refractivity contribution in [2.24, 2.45) is 11.8 Å². The zero-order valence-corrected chi connectivity index (χ0v) is 17.7. The monoisotopic (exact) mass is 404 g/mol. The summed E-state index contributed by atoms with van der Waals surface area (Å²) >= 11 is 0. The number of imidazole rings is 1. The van der Waals surface area contributed by atoms with Crippen LogP contribution in [0.15, 0.2) is 42.7 Å². The molecule has 1 aliphatic carbocycles. The maximum absolute atomic E-state index is 13.0. The van der Waals surface area contributed by atoms with E-state index in [2.05, 4.69) is 50.9 Å². The first-order chi connectivity index (χ1) is 14.8. The third-order valence-electron chi connectivity index (χ3n) is 7.91. The first-order valence-electron chi connectivity index (χ1n) is 11.9. The van der Waals surface area contributed by atoms with Crippen molar-refractivity contribution in [3.05, 3.63) is 54.1 Å². The molecule has 6 rings (SSSR count). The predicted octanol–water partition coefficient (Wildman–Crippen LogP) is 3.66. The molecule has 4 atom stereocenters. The van der Waals surface area contributed by atoms with Gasteiger partial charge in [-0.2, -0.15) is 0 Å². The van der Waals surface area contributed by atoms with Crippen molar-refractivity contribution in [1.82, 2.24) is 19.4 Å². The summed E-state index contributed by atoms with van der Waals surface area (Å²) in [5.74, 6) is 2.81. The largest absolute Gasteiger partial charge is 0.336 e. The first kappa shape index (κ1) is 18.6. The number of rotatable bonds is 5. The van der Waals surface area contributed by atoms with Gasteiger partial charge in [0.2, 0.25) is 5.91 Å². The summed E-state index contributed by atoms with van der Waals surface area (Å²) in [5, 5.41) is 0. The molecule has 1 saturated carbocycles. The number of carbonyl (C=O) groups is 1. The predicted molar refractivity (Wildman–Crippen MR) is 116 cm³/mol. The minimum absolute atomic E-state index is 0.340. The fourth-order valence-electron chi connectivity index (χ4n) is 6.47. The average Bonchev–Trinajstić information content (AvgIpc) is 3.51. The van der Waals surface area contributed by atoms with Crippen LogP contribution >= 0.6 is 0 Å². The van der Waals surface area contributed by atoms with E-state index in [1.54, 1.807) is 0 Å². The lowest BCUT2D eigenvalue weighted by molar-refractivity contribution is -0.152. The van der Waals surface area contributed by atoms with Gasteiger partial charge in [-0.05, 0) is 55.9 Å². The number of likely N-dealkylation sites (tertiary alicyclic amines) is 1. The summed E-state index contributed by atoms with van der Waals surface area (Å²) in [7, 11) is 0. The van der Waals surface area contributed by atoms with Gasteiger partial charge in [-0.1, -0.05) is 30.3 Å². The Kier molecular flexibility index (Phi) is 4.67. The van der Waals surface area contributed by atoms with Crippen molar-refractivity contribution in [1.29, 1.82) is 0 Å². The summed E-state index contributed by atoms with van der Waals surface area (Å²) in [5.41, 5.74) is 1.36. The summed E-state index contributed by atoms with van der Waals surface area (Å²) in [6.07, 6.45) is 12.0. The second-order valence-corrected chi connectivity index (χ2v) is 9.95. The SMILES string of the molecule is O=C1CCC[C@H]2[C@@H]3C[C@@H](CN(Cc4nccn4C4CC4)C3)[C@H](Cc3ccccc3)N12. The molecule has 30 heavy (non-hydrogen) atoms. The third-order valence-corrected chi connectivity index (χ3v) is 7.91. The second kappa shape index (κ2) is 7.52. The Morgan fingerprint density at radius 2 is 1.87 bits per heavy atom. The van der Waals surface area contributed by atoms with Gasteiger partial charge in [0.15, 0.2) is 0 Å². The van der Waals surface area contributed by atoms with E-state index in [1.807, 2.05) is 6.20 Å². The second-order valence-electron chi connectivity index (χ2n) is 9.95. The molecule has 0 N–H and O–H groups in total. The molecular weight excluding hydrogens is 372 g/mol. The number of aromatic nitrogens is 2. The van der Waals surface area contributed by atoms with Crippen molar-refractivity contribution >= 4 is 5.91 Å². The fourth-order valence-corrected chi connectivity index (χ4v) is 6.47. The van der Waals surface area contributed by atoms with E-state index in [0.717, 1.165) is 38.9 Å². The smallest absolute Gasteiger partial charge is 0.223 e. The highest BCUT2D eigenvalue weighted by atomic mass is 16.2. The van der Waals surface area contributed by atoms with E-state index in [-0.39, 0.29) is 0 Å². The molecule has 0 unspecified atom stereocenters. The maximum Gasteiger partial charge on any atom is 0.223 e. The maximum atomic E-state index is 13.0. The molecule has 2 bridgehead atoms. The van der Waals surface area contributed by atoms with Crippen LogP contribution in [0.5, 0.6) is 0 Å². The van der Waals surface area contributed by atoms with E-state index in [0.29, 0.717) is 35.9 Å². The summed E-state index contributed by atoms with van der Waals surface area (Å²) in [4.78, 5) is 22.7. The van der Waals surface area contributed by atoms with Crippen LogP contribution in [0.3, 0.4) is 0 Å². The Bertz CT molecular complexity index is 905. The standard InChI is InChI=1S/C25H32N4O/c30-25-8-4-7-22-19-14-20(23(29(22)25)13-18-5-2-1-3-6-18)16-27(15-19)17-24-26-11-12-28(24)21-9-10-21/h1-3,5-6,11-12,19-23H,4,7-10,13-17H2/t19-,20+,22+,23+/m1/s1. The highest BCUT2D eigenvalue weighted by molar-refractivity contribution is 5.78. The summed E-state index contributed by atoms with van der Waals surface area (Å²) in [6, 6.07) is 12.2. The van der Waals surface area contributed by atoms with E-state index >= 15 is 0 Å². The van der Waals surface area contributed by atoms with Crippen LogP contribution in [-0.4, -0.2) is 50.4 Å². The molecule has 4 aliphatic rings. The van der Waals surface area contributed by atoms with Gasteiger partial charge in [0.05, 0.1) is 6.54 Å². The molecule has 0 radical (unpaired) electrons. The minimum atomic E-state index is 0.340. The highest BCUT2D eigenvalue weighted by Gasteiger charge is 2.49. The highest BCUT2D eigenvalue weighted by Crippen LogP contribution is 2.43. The Morgan fingerprint density at radius 1 is 1.03 bits per heavy atom. The van der Waals surface area contributed by atoms with Crippen LogP contribution in [0.1, 0.15) is 56.0 Å². The van der Waals surface area contributed by atoms with Crippen molar-refractivity contribution in [3.8, 4) is 0 Å². The Morgan fingerprint density at radius 3 is 2.70 bits per heavy atom. The van der Waals surface area contributed by atoms with Crippen LogP contribution in [0.4, 0.5) is 0 Å². The molecule has 1 aromatic carbocycles. The molecule has 3 saturated heterocycles. The molecule has 1 aromatic heterocycles. The number of amides is 1. The van der Waals surface area contributed by atoms with Crippen LogP contribution in [-0.2, 0) is 17.8 Å². The third kappa shape index (κ3) is 3.37. The number of hydrogen-bond acceptors (Lipinski definition) is 3. The molecule has 1 amide bonds. The zero-order valence-electron chi connectivity index (χ0n) is 17.7. The van der Waals surface area contributed by atoms with E-state index < -0.39 is 0 Å². The van der Waals surface area contributed by atoms with Gasteiger partial charge >= 0.3 is 0 Å². The van der Waals surface area contributed by atoms with Gasteiger partial charge in [0, 0.05) is 50.0 Å². The quantitative estimate of drug-likeness (QED) is 0.764. The average molecular weight is 405 g/mol. The lowest BCUT2D eigenvalue weighted by atomic mass is 9.71. The van der Waals surface area contributed by atoms with Crippen LogP contribution < -0.4 is 0 Å². The van der Waals surface area contributed by atoms with E-state index in [9.17, 15) is 4.79 Å². The van der Waals surface area contributed by atoms with Crippen molar-refractivity contribution in [3.63, 3.8) is 0 Å². The molecule has 158 valence electrons. The van der Waals surface area contributed by atoms with E-state index in [1.165, 1.54) is 37.1 Å². The normalized spacial score (nSPS) is 31.6. The number of carbonyl (C=O) groups excluding carboxylic acids is 1. The Labute approximate surface area is 179 Å². The Hall–Kier alpha value is -2.14. The molecule has 3 aliphatic heterocycles. The first-order valence-corrected chi connectivity index (χ1v) is 11.9. The van der Waals surface area contributed by atoms with Gasteiger partial charge in [0.1, 0.15) is 5.82 Å². The van der Waals surface area contributed by atoms with Gasteiger partial charge in [-0.25, -0.2) is 4.98 Å². The molecule has 5 nitrogen and oxygen atoms in total. The number of hydrogen-bond donors (Lipinski definition) is 0.